The van der Waals surface area contributed by atoms with Gasteiger partial charge < -0.3 is 10.1 Å². The molecule has 0 fully saturated rings. The van der Waals surface area contributed by atoms with Gasteiger partial charge in [-0.1, -0.05) is 48.0 Å². The molecule has 0 spiro atoms. The Labute approximate surface area is 158 Å². The average Bonchev–Trinajstić information content (AvgIpc) is 2.66. The van der Waals surface area contributed by atoms with Gasteiger partial charge in [0.05, 0.1) is 10.9 Å². The minimum absolute atomic E-state index is 0.0558. The molecule has 0 bridgehead atoms. The molecule has 3 aromatic rings. The molecule has 0 saturated carbocycles. The molecular weight excluding hydrogens is 342 g/mol. The van der Waals surface area contributed by atoms with Crippen molar-refractivity contribution in [3.63, 3.8) is 0 Å². The van der Waals surface area contributed by atoms with Gasteiger partial charge in [0.25, 0.3) is 0 Å². The highest BCUT2D eigenvalue weighted by Gasteiger charge is 2.16. The van der Waals surface area contributed by atoms with Gasteiger partial charge in [-0.2, -0.15) is 0 Å². The molecule has 0 unspecified atom stereocenters. The largest absolute Gasteiger partial charge is 0.455 e. The highest BCUT2D eigenvalue weighted by atomic mass is 32.2. The van der Waals surface area contributed by atoms with Crippen LogP contribution in [-0.4, -0.2) is 11.2 Å². The Morgan fingerprint density at radius 1 is 0.923 bits per heavy atom. The molecule has 0 aliphatic heterocycles. The van der Waals surface area contributed by atoms with Gasteiger partial charge in [-0.15, -0.1) is 11.8 Å². The van der Waals surface area contributed by atoms with Gasteiger partial charge in [0, 0.05) is 4.90 Å². The molecule has 3 nitrogen and oxygen atoms in total. The number of carbonyl (C=O) groups excluding carboxylic acids is 1. The van der Waals surface area contributed by atoms with Crippen molar-refractivity contribution in [2.45, 2.75) is 24.0 Å². The number of carbonyl (C=O) groups is 1. The summed E-state index contributed by atoms with van der Waals surface area (Å²) in [5, 5.41) is 2.76. The van der Waals surface area contributed by atoms with E-state index in [1.54, 1.807) is 0 Å². The monoisotopic (exact) mass is 363 g/mol. The maximum atomic E-state index is 12.6. The van der Waals surface area contributed by atoms with Crippen molar-refractivity contribution in [1.82, 2.24) is 0 Å². The fourth-order valence-electron chi connectivity index (χ4n) is 2.38. The molecule has 0 aliphatic rings. The van der Waals surface area contributed by atoms with E-state index in [1.165, 1.54) is 17.3 Å². The molecule has 4 heteroatoms. The number of aryl methyl sites for hydroxylation is 1. The summed E-state index contributed by atoms with van der Waals surface area (Å²) < 4.78 is 5.90. The smallest absolute Gasteiger partial charge is 0.237 e. The van der Waals surface area contributed by atoms with Gasteiger partial charge in [0.2, 0.25) is 5.91 Å². The van der Waals surface area contributed by atoms with Crippen molar-refractivity contribution in [2.24, 2.45) is 0 Å². The van der Waals surface area contributed by atoms with E-state index in [1.807, 2.05) is 80.6 Å². The molecule has 3 aromatic carbocycles. The lowest BCUT2D eigenvalue weighted by atomic mass is 10.2. The summed E-state index contributed by atoms with van der Waals surface area (Å²) in [5.41, 5.74) is 1.87. The predicted octanol–water partition coefficient (Wildman–Crippen LogP) is 5.91. The summed E-state index contributed by atoms with van der Waals surface area (Å²) in [6, 6.07) is 25.2. The first-order chi connectivity index (χ1) is 12.6. The van der Waals surface area contributed by atoms with Crippen LogP contribution in [0.1, 0.15) is 12.5 Å². The number of nitrogens with one attached hydrogen (secondary N) is 1. The van der Waals surface area contributed by atoms with E-state index in [4.69, 9.17) is 4.74 Å². The van der Waals surface area contributed by atoms with E-state index in [9.17, 15) is 4.79 Å². The fourth-order valence-corrected chi connectivity index (χ4v) is 3.25. The first-order valence-corrected chi connectivity index (χ1v) is 9.36. The number of hydrogen-bond acceptors (Lipinski definition) is 3. The number of para-hydroxylation sites is 3. The van der Waals surface area contributed by atoms with Crippen LogP contribution < -0.4 is 10.1 Å². The van der Waals surface area contributed by atoms with Crippen LogP contribution in [0.2, 0.25) is 0 Å². The number of hydrogen-bond donors (Lipinski definition) is 1. The summed E-state index contributed by atoms with van der Waals surface area (Å²) in [4.78, 5) is 13.7. The highest BCUT2D eigenvalue weighted by Crippen LogP contribution is 2.30. The van der Waals surface area contributed by atoms with Crippen LogP contribution in [0.5, 0.6) is 11.5 Å². The lowest BCUT2D eigenvalue weighted by Gasteiger charge is -2.15. The summed E-state index contributed by atoms with van der Waals surface area (Å²) >= 11 is 1.54. The second kappa shape index (κ2) is 8.59. The zero-order chi connectivity index (χ0) is 18.4. The third-order valence-electron chi connectivity index (χ3n) is 3.82. The quantitative estimate of drug-likeness (QED) is 0.554. The summed E-state index contributed by atoms with van der Waals surface area (Å²) in [7, 11) is 0. The number of benzene rings is 3. The average molecular weight is 363 g/mol. The normalized spacial score (nSPS) is 11.6. The van der Waals surface area contributed by atoms with Crippen LogP contribution in [-0.2, 0) is 4.79 Å². The highest BCUT2D eigenvalue weighted by molar-refractivity contribution is 8.00. The number of anilines is 1. The molecule has 3 rings (SSSR count). The summed E-state index contributed by atoms with van der Waals surface area (Å²) in [6.07, 6.45) is 0. The molecule has 1 amide bonds. The van der Waals surface area contributed by atoms with Crippen LogP contribution in [0.15, 0.2) is 83.8 Å². The molecule has 0 aromatic heterocycles. The number of rotatable bonds is 6. The fraction of sp³-hybridized carbons (Fsp3) is 0.136. The Morgan fingerprint density at radius 3 is 2.31 bits per heavy atom. The lowest BCUT2D eigenvalue weighted by Crippen LogP contribution is -2.22. The van der Waals surface area contributed by atoms with Gasteiger partial charge >= 0.3 is 0 Å². The van der Waals surface area contributed by atoms with E-state index in [-0.39, 0.29) is 11.2 Å². The summed E-state index contributed by atoms with van der Waals surface area (Å²) in [6.45, 7) is 3.95. The van der Waals surface area contributed by atoms with E-state index in [0.29, 0.717) is 11.4 Å². The Kier molecular flexibility index (Phi) is 5.97. The van der Waals surface area contributed by atoms with Gasteiger partial charge in [-0.05, 0) is 50.2 Å². The zero-order valence-electron chi connectivity index (χ0n) is 14.8. The second-order valence-corrected chi connectivity index (χ2v) is 7.39. The Morgan fingerprint density at radius 2 is 1.58 bits per heavy atom. The molecule has 0 radical (unpaired) electrons. The first kappa shape index (κ1) is 18.1. The standard InChI is InChI=1S/C22H21NO2S/c1-16-12-14-19(15-13-16)26-17(2)22(24)23-20-10-6-7-11-21(20)25-18-8-4-3-5-9-18/h3-15,17H,1-2H3,(H,23,24)/t17-/m0/s1. The van der Waals surface area contributed by atoms with E-state index < -0.39 is 0 Å². The number of thioether (sulfide) groups is 1. The molecule has 0 aliphatic carbocycles. The Bertz CT molecular complexity index is 863. The van der Waals surface area contributed by atoms with E-state index in [2.05, 4.69) is 17.4 Å². The predicted molar refractivity (Wildman–Crippen MR) is 108 cm³/mol. The Balaban J connectivity index is 1.68. The molecule has 132 valence electrons. The van der Waals surface area contributed by atoms with E-state index >= 15 is 0 Å². The third kappa shape index (κ3) is 4.90. The molecule has 1 N–H and O–H groups in total. The minimum atomic E-state index is -0.220. The van der Waals surface area contributed by atoms with Crippen LogP contribution in [0.25, 0.3) is 0 Å². The maximum Gasteiger partial charge on any atom is 0.237 e. The van der Waals surface area contributed by atoms with Crippen LogP contribution >= 0.6 is 11.8 Å². The topological polar surface area (TPSA) is 38.3 Å². The Hall–Kier alpha value is -2.72. The zero-order valence-corrected chi connectivity index (χ0v) is 15.6. The molecule has 26 heavy (non-hydrogen) atoms. The summed E-state index contributed by atoms with van der Waals surface area (Å²) in [5.74, 6) is 1.30. The van der Waals surface area contributed by atoms with Crippen molar-refractivity contribution >= 4 is 23.4 Å². The van der Waals surface area contributed by atoms with Gasteiger partial charge in [0.1, 0.15) is 5.75 Å². The minimum Gasteiger partial charge on any atom is -0.455 e. The molecule has 0 heterocycles. The van der Waals surface area contributed by atoms with Gasteiger partial charge in [0.15, 0.2) is 5.75 Å². The van der Waals surface area contributed by atoms with Crippen molar-refractivity contribution in [2.75, 3.05) is 5.32 Å². The van der Waals surface area contributed by atoms with Crippen molar-refractivity contribution in [3.8, 4) is 11.5 Å². The van der Waals surface area contributed by atoms with Crippen LogP contribution in [0, 0.1) is 6.92 Å². The van der Waals surface area contributed by atoms with Gasteiger partial charge in [-0.3, -0.25) is 4.79 Å². The van der Waals surface area contributed by atoms with Gasteiger partial charge in [-0.25, -0.2) is 0 Å². The molecule has 0 saturated heterocycles. The lowest BCUT2D eigenvalue weighted by molar-refractivity contribution is -0.115. The maximum absolute atomic E-state index is 12.6. The van der Waals surface area contributed by atoms with Crippen LogP contribution in [0.4, 0.5) is 5.69 Å². The SMILES string of the molecule is Cc1ccc(S[C@@H](C)C(=O)Nc2ccccc2Oc2ccccc2)cc1. The number of amides is 1. The van der Waals surface area contributed by atoms with Crippen molar-refractivity contribution in [1.29, 1.82) is 0 Å². The third-order valence-corrected chi connectivity index (χ3v) is 4.93. The number of ether oxygens (including phenoxy) is 1. The van der Waals surface area contributed by atoms with E-state index in [0.717, 1.165) is 10.6 Å². The first-order valence-electron chi connectivity index (χ1n) is 8.48. The van der Waals surface area contributed by atoms with Crippen LogP contribution in [0.3, 0.4) is 0 Å². The molecular formula is C22H21NO2S. The second-order valence-electron chi connectivity index (χ2n) is 5.97. The molecule has 1 atom stereocenters. The van der Waals surface area contributed by atoms with Crippen molar-refractivity contribution in [3.05, 3.63) is 84.4 Å². The van der Waals surface area contributed by atoms with Crippen molar-refractivity contribution < 1.29 is 9.53 Å².